The standard InChI is InChI=1S/C18H19NO2/c19-18(21-14-20)13-17(11-15-7-3-1-4-8-15)12-16-9-5-2-6-10-16/h1-10,14,17,19H,11-13H2. The molecule has 0 amide bonds. The summed E-state index contributed by atoms with van der Waals surface area (Å²) in [5.74, 6) is 0.268. The van der Waals surface area contributed by atoms with E-state index in [0.29, 0.717) is 12.9 Å². The number of carbonyl (C=O) groups is 1. The lowest BCUT2D eigenvalue weighted by Gasteiger charge is -2.17. The number of ether oxygens (including phenoxy) is 1. The highest BCUT2D eigenvalue weighted by Crippen LogP contribution is 2.18. The smallest absolute Gasteiger partial charge is 0.299 e. The van der Waals surface area contributed by atoms with Crippen molar-refractivity contribution < 1.29 is 9.53 Å². The largest absolute Gasteiger partial charge is 0.414 e. The molecule has 0 aliphatic rings. The Kier molecular flexibility index (Phi) is 5.71. The Morgan fingerprint density at radius 3 is 1.86 bits per heavy atom. The van der Waals surface area contributed by atoms with Crippen molar-refractivity contribution in [3.05, 3.63) is 71.8 Å². The second-order valence-corrected chi connectivity index (χ2v) is 5.09. The van der Waals surface area contributed by atoms with Gasteiger partial charge in [0.1, 0.15) is 0 Å². The molecule has 0 heterocycles. The van der Waals surface area contributed by atoms with Gasteiger partial charge in [0.25, 0.3) is 6.47 Å². The first kappa shape index (κ1) is 15.0. The fraction of sp³-hybridized carbons (Fsp3) is 0.222. The number of nitrogens with one attached hydrogen (secondary N) is 1. The average Bonchev–Trinajstić information content (AvgIpc) is 2.49. The molecule has 0 unspecified atom stereocenters. The van der Waals surface area contributed by atoms with E-state index in [-0.39, 0.29) is 11.8 Å². The van der Waals surface area contributed by atoms with E-state index in [1.165, 1.54) is 11.1 Å². The van der Waals surface area contributed by atoms with Crippen LogP contribution in [-0.2, 0) is 22.4 Å². The van der Waals surface area contributed by atoms with Gasteiger partial charge in [-0.2, -0.15) is 0 Å². The molecule has 0 saturated heterocycles. The van der Waals surface area contributed by atoms with Crippen LogP contribution in [-0.4, -0.2) is 12.4 Å². The Labute approximate surface area is 125 Å². The highest BCUT2D eigenvalue weighted by molar-refractivity contribution is 5.79. The lowest BCUT2D eigenvalue weighted by atomic mass is 9.90. The molecule has 21 heavy (non-hydrogen) atoms. The Morgan fingerprint density at radius 2 is 1.43 bits per heavy atom. The highest BCUT2D eigenvalue weighted by atomic mass is 16.5. The SMILES string of the molecule is N=C(CC(Cc1ccccc1)Cc1ccccc1)OC=O. The maximum Gasteiger partial charge on any atom is 0.299 e. The third kappa shape index (κ3) is 5.22. The van der Waals surface area contributed by atoms with Crippen molar-refractivity contribution in [3.8, 4) is 0 Å². The maximum absolute atomic E-state index is 10.4. The van der Waals surface area contributed by atoms with Crippen molar-refractivity contribution in [1.82, 2.24) is 0 Å². The number of rotatable bonds is 7. The molecule has 0 aliphatic heterocycles. The van der Waals surface area contributed by atoms with E-state index in [2.05, 4.69) is 29.0 Å². The molecule has 1 N–H and O–H groups in total. The van der Waals surface area contributed by atoms with E-state index in [1.54, 1.807) is 0 Å². The maximum atomic E-state index is 10.4. The summed E-state index contributed by atoms with van der Waals surface area (Å²) in [5.41, 5.74) is 2.47. The van der Waals surface area contributed by atoms with Crippen LogP contribution in [0.3, 0.4) is 0 Å². The van der Waals surface area contributed by atoms with Crippen molar-refractivity contribution in [1.29, 1.82) is 5.41 Å². The van der Waals surface area contributed by atoms with E-state index >= 15 is 0 Å². The lowest BCUT2D eigenvalue weighted by Crippen LogP contribution is -2.15. The number of carbonyl (C=O) groups excluding carboxylic acids is 1. The molecular weight excluding hydrogens is 262 g/mol. The van der Waals surface area contributed by atoms with E-state index in [9.17, 15) is 4.79 Å². The summed E-state index contributed by atoms with van der Waals surface area (Å²) in [6, 6.07) is 20.4. The van der Waals surface area contributed by atoms with E-state index in [4.69, 9.17) is 5.41 Å². The number of hydrogen-bond acceptors (Lipinski definition) is 3. The van der Waals surface area contributed by atoms with Crippen LogP contribution >= 0.6 is 0 Å². The van der Waals surface area contributed by atoms with E-state index < -0.39 is 0 Å². The minimum atomic E-state index is 0.0295. The quantitative estimate of drug-likeness (QED) is 0.478. The van der Waals surface area contributed by atoms with Gasteiger partial charge in [0, 0.05) is 6.42 Å². The Hall–Kier alpha value is -2.42. The van der Waals surface area contributed by atoms with Crippen LogP contribution in [0.4, 0.5) is 0 Å². The topological polar surface area (TPSA) is 50.1 Å². The number of hydrogen-bond donors (Lipinski definition) is 1. The average molecular weight is 281 g/mol. The second-order valence-electron chi connectivity index (χ2n) is 5.09. The van der Waals surface area contributed by atoms with Crippen LogP contribution in [0.25, 0.3) is 0 Å². The van der Waals surface area contributed by atoms with Gasteiger partial charge in [-0.05, 0) is 29.9 Å². The zero-order valence-corrected chi connectivity index (χ0v) is 11.9. The van der Waals surface area contributed by atoms with Crippen molar-refractivity contribution in [2.75, 3.05) is 0 Å². The van der Waals surface area contributed by atoms with Gasteiger partial charge < -0.3 is 4.74 Å². The third-order valence-electron chi connectivity index (χ3n) is 3.40. The van der Waals surface area contributed by atoms with Gasteiger partial charge in [-0.25, -0.2) is 0 Å². The molecule has 108 valence electrons. The highest BCUT2D eigenvalue weighted by Gasteiger charge is 2.14. The summed E-state index contributed by atoms with van der Waals surface area (Å²) in [6.07, 6.45) is 2.18. The second kappa shape index (κ2) is 8.00. The first-order valence-corrected chi connectivity index (χ1v) is 7.03. The molecule has 0 bridgehead atoms. The van der Waals surface area contributed by atoms with Gasteiger partial charge in [0.2, 0.25) is 0 Å². The molecule has 0 spiro atoms. The lowest BCUT2D eigenvalue weighted by molar-refractivity contribution is -0.121. The summed E-state index contributed by atoms with van der Waals surface area (Å²) in [7, 11) is 0. The Balaban J connectivity index is 2.06. The molecule has 3 nitrogen and oxygen atoms in total. The molecule has 2 aromatic carbocycles. The summed E-state index contributed by atoms with van der Waals surface area (Å²) >= 11 is 0. The van der Waals surface area contributed by atoms with Gasteiger partial charge in [0.15, 0.2) is 5.90 Å². The molecule has 3 heteroatoms. The first-order valence-electron chi connectivity index (χ1n) is 7.03. The zero-order chi connectivity index (χ0) is 14.9. The summed E-state index contributed by atoms with van der Waals surface area (Å²) in [4.78, 5) is 10.4. The zero-order valence-electron chi connectivity index (χ0n) is 11.9. The van der Waals surface area contributed by atoms with Gasteiger partial charge >= 0.3 is 0 Å². The Bertz CT molecular complexity index is 525. The summed E-state index contributed by atoms with van der Waals surface area (Å²) < 4.78 is 4.65. The van der Waals surface area contributed by atoms with Crippen LogP contribution in [0, 0.1) is 11.3 Å². The van der Waals surface area contributed by atoms with Crippen LogP contribution in [0.15, 0.2) is 60.7 Å². The fourth-order valence-electron chi connectivity index (χ4n) is 2.48. The van der Waals surface area contributed by atoms with Gasteiger partial charge in [-0.15, -0.1) is 0 Å². The summed E-state index contributed by atoms with van der Waals surface area (Å²) in [6.45, 7) is 0.324. The van der Waals surface area contributed by atoms with Crippen molar-refractivity contribution >= 4 is 12.4 Å². The van der Waals surface area contributed by atoms with Gasteiger partial charge in [-0.3, -0.25) is 10.2 Å². The van der Waals surface area contributed by atoms with Crippen LogP contribution in [0.1, 0.15) is 17.5 Å². The molecule has 2 rings (SSSR count). The molecule has 0 radical (unpaired) electrons. The predicted molar refractivity (Wildman–Crippen MR) is 83.3 cm³/mol. The molecule has 0 aliphatic carbocycles. The minimum absolute atomic E-state index is 0.0295. The first-order chi connectivity index (χ1) is 10.3. The molecule has 0 aromatic heterocycles. The van der Waals surface area contributed by atoms with Crippen molar-refractivity contribution in [2.24, 2.45) is 5.92 Å². The van der Waals surface area contributed by atoms with Crippen LogP contribution in [0.5, 0.6) is 0 Å². The molecular formula is C18H19NO2. The monoisotopic (exact) mass is 281 g/mol. The van der Waals surface area contributed by atoms with Crippen LogP contribution in [0.2, 0.25) is 0 Å². The molecule has 2 aromatic rings. The van der Waals surface area contributed by atoms with Crippen LogP contribution < -0.4 is 0 Å². The van der Waals surface area contributed by atoms with Crippen molar-refractivity contribution in [3.63, 3.8) is 0 Å². The predicted octanol–water partition coefficient (Wildman–Crippen LogP) is 3.63. The Morgan fingerprint density at radius 1 is 0.952 bits per heavy atom. The normalized spacial score (nSPS) is 10.3. The molecule has 0 atom stereocenters. The third-order valence-corrected chi connectivity index (χ3v) is 3.40. The van der Waals surface area contributed by atoms with E-state index in [1.807, 2.05) is 36.4 Å². The summed E-state index contributed by atoms with van der Waals surface area (Å²) in [5, 5.41) is 7.70. The number of benzene rings is 2. The molecule has 0 saturated carbocycles. The molecule has 0 fully saturated rings. The van der Waals surface area contributed by atoms with Gasteiger partial charge in [-0.1, -0.05) is 60.7 Å². The van der Waals surface area contributed by atoms with Gasteiger partial charge in [0.05, 0.1) is 0 Å². The van der Waals surface area contributed by atoms with E-state index in [0.717, 1.165) is 12.8 Å². The fourth-order valence-corrected chi connectivity index (χ4v) is 2.48. The van der Waals surface area contributed by atoms with Crippen molar-refractivity contribution in [2.45, 2.75) is 19.3 Å². The minimum Gasteiger partial charge on any atom is -0.414 e.